The van der Waals surface area contributed by atoms with Gasteiger partial charge in [0.1, 0.15) is 5.75 Å². The number of carbonyl (C=O) groups is 1. The molecule has 0 atom stereocenters. The van der Waals surface area contributed by atoms with Crippen molar-refractivity contribution in [1.82, 2.24) is 0 Å². The summed E-state index contributed by atoms with van der Waals surface area (Å²) in [6.07, 6.45) is 0.874. The third-order valence-electron chi connectivity index (χ3n) is 4.32. The molecule has 0 saturated carbocycles. The van der Waals surface area contributed by atoms with Crippen molar-refractivity contribution in [2.75, 3.05) is 23.8 Å². The fourth-order valence-corrected chi connectivity index (χ4v) is 3.03. The third kappa shape index (κ3) is 6.16. The Morgan fingerprint density at radius 1 is 0.857 bits per heavy atom. The molecule has 3 aromatic carbocycles. The Labute approximate surface area is 166 Å². The Balaban J connectivity index is 1.43. The van der Waals surface area contributed by atoms with Gasteiger partial charge in [-0.3, -0.25) is 4.79 Å². The molecular formula is C24H26N2O2. The molecule has 144 valence electrons. The van der Waals surface area contributed by atoms with Gasteiger partial charge in [-0.2, -0.15) is 0 Å². The van der Waals surface area contributed by atoms with Gasteiger partial charge < -0.3 is 15.4 Å². The number of hydrogen-bond acceptors (Lipinski definition) is 3. The van der Waals surface area contributed by atoms with Crippen LogP contribution in [0.4, 0.5) is 11.4 Å². The molecule has 0 saturated heterocycles. The van der Waals surface area contributed by atoms with Gasteiger partial charge in [0.2, 0.25) is 5.91 Å². The molecule has 3 aromatic rings. The van der Waals surface area contributed by atoms with Gasteiger partial charge in [0, 0.05) is 17.8 Å². The molecule has 4 heteroatoms. The Kier molecular flexibility index (Phi) is 6.68. The molecule has 4 nitrogen and oxygen atoms in total. The number of anilines is 2. The van der Waals surface area contributed by atoms with Crippen LogP contribution in [0.2, 0.25) is 0 Å². The summed E-state index contributed by atoms with van der Waals surface area (Å²) >= 11 is 0. The largest absolute Gasteiger partial charge is 0.493 e. The lowest BCUT2D eigenvalue weighted by atomic mass is 10.1. The molecule has 0 spiro atoms. The second-order valence-corrected chi connectivity index (χ2v) is 6.89. The van der Waals surface area contributed by atoms with Crippen molar-refractivity contribution >= 4 is 17.3 Å². The highest BCUT2D eigenvalue weighted by atomic mass is 16.5. The molecule has 0 bridgehead atoms. The number of nitrogens with one attached hydrogen (secondary N) is 2. The van der Waals surface area contributed by atoms with Crippen LogP contribution in [0.3, 0.4) is 0 Å². The summed E-state index contributed by atoms with van der Waals surface area (Å²) in [5.41, 5.74) is 5.23. The van der Waals surface area contributed by atoms with Crippen LogP contribution >= 0.6 is 0 Å². The summed E-state index contributed by atoms with van der Waals surface area (Å²) in [5.74, 6) is 0.745. The van der Waals surface area contributed by atoms with Gasteiger partial charge in [-0.1, -0.05) is 36.4 Å². The highest BCUT2D eigenvalue weighted by molar-refractivity contribution is 5.93. The van der Waals surface area contributed by atoms with Crippen LogP contribution in [0.15, 0.2) is 72.8 Å². The van der Waals surface area contributed by atoms with Crippen LogP contribution in [0, 0.1) is 13.8 Å². The average Bonchev–Trinajstić information content (AvgIpc) is 2.67. The van der Waals surface area contributed by atoms with Crippen LogP contribution in [0.25, 0.3) is 0 Å². The zero-order valence-electron chi connectivity index (χ0n) is 16.4. The van der Waals surface area contributed by atoms with E-state index in [0.29, 0.717) is 6.61 Å². The van der Waals surface area contributed by atoms with Gasteiger partial charge in [-0.25, -0.2) is 0 Å². The zero-order chi connectivity index (χ0) is 19.8. The molecule has 0 unspecified atom stereocenters. The Morgan fingerprint density at radius 3 is 2.21 bits per heavy atom. The number of amides is 1. The SMILES string of the molecule is Cc1cc(C)cc(NC(=O)CNc2ccc(OCCc3ccccc3)cc2)c1. The van der Waals surface area contributed by atoms with Gasteiger partial charge in [-0.05, 0) is 66.9 Å². The quantitative estimate of drug-likeness (QED) is 0.585. The van der Waals surface area contributed by atoms with E-state index in [9.17, 15) is 4.79 Å². The first kappa shape index (κ1) is 19.5. The summed E-state index contributed by atoms with van der Waals surface area (Å²) in [6, 6.07) is 23.9. The minimum atomic E-state index is -0.0758. The van der Waals surface area contributed by atoms with Crippen molar-refractivity contribution in [3.8, 4) is 5.75 Å². The number of carbonyl (C=O) groups excluding carboxylic acids is 1. The molecule has 2 N–H and O–H groups in total. The van der Waals surface area contributed by atoms with E-state index in [1.165, 1.54) is 5.56 Å². The number of benzene rings is 3. The van der Waals surface area contributed by atoms with Gasteiger partial charge in [0.05, 0.1) is 13.2 Å². The second-order valence-electron chi connectivity index (χ2n) is 6.89. The summed E-state index contributed by atoms with van der Waals surface area (Å²) in [6.45, 7) is 4.88. The lowest BCUT2D eigenvalue weighted by Crippen LogP contribution is -2.21. The average molecular weight is 374 g/mol. The maximum Gasteiger partial charge on any atom is 0.243 e. The summed E-state index contributed by atoms with van der Waals surface area (Å²) in [4.78, 5) is 12.2. The van der Waals surface area contributed by atoms with Crippen LogP contribution in [-0.2, 0) is 11.2 Å². The molecule has 0 radical (unpaired) electrons. The monoisotopic (exact) mass is 374 g/mol. The first-order chi connectivity index (χ1) is 13.6. The van der Waals surface area contributed by atoms with Crippen LogP contribution in [0.5, 0.6) is 5.75 Å². The van der Waals surface area contributed by atoms with E-state index in [2.05, 4.69) is 28.8 Å². The highest BCUT2D eigenvalue weighted by Crippen LogP contribution is 2.17. The first-order valence-electron chi connectivity index (χ1n) is 9.47. The van der Waals surface area contributed by atoms with Crippen molar-refractivity contribution < 1.29 is 9.53 Å². The van der Waals surface area contributed by atoms with Gasteiger partial charge in [0.25, 0.3) is 0 Å². The summed E-state index contributed by atoms with van der Waals surface area (Å²) < 4.78 is 5.78. The molecule has 0 heterocycles. The molecule has 0 aliphatic rings. The first-order valence-corrected chi connectivity index (χ1v) is 9.47. The van der Waals surface area contributed by atoms with Gasteiger partial charge in [-0.15, -0.1) is 0 Å². The molecule has 0 aliphatic carbocycles. The molecule has 3 rings (SSSR count). The molecule has 0 aromatic heterocycles. The highest BCUT2D eigenvalue weighted by Gasteiger charge is 2.04. The summed E-state index contributed by atoms with van der Waals surface area (Å²) in [7, 11) is 0. The second kappa shape index (κ2) is 9.60. The van der Waals surface area contributed by atoms with Crippen molar-refractivity contribution in [2.24, 2.45) is 0 Å². The maximum absolute atomic E-state index is 12.2. The smallest absolute Gasteiger partial charge is 0.243 e. The minimum Gasteiger partial charge on any atom is -0.493 e. The van der Waals surface area contributed by atoms with E-state index in [-0.39, 0.29) is 12.5 Å². The third-order valence-corrected chi connectivity index (χ3v) is 4.32. The van der Waals surface area contributed by atoms with Crippen molar-refractivity contribution in [2.45, 2.75) is 20.3 Å². The molecule has 1 amide bonds. The van der Waals surface area contributed by atoms with Gasteiger partial charge in [0.15, 0.2) is 0 Å². The Hall–Kier alpha value is -3.27. The maximum atomic E-state index is 12.2. The predicted molar refractivity (Wildman–Crippen MR) is 115 cm³/mol. The van der Waals surface area contributed by atoms with E-state index in [1.54, 1.807) is 0 Å². The number of aryl methyl sites for hydroxylation is 2. The fraction of sp³-hybridized carbons (Fsp3) is 0.208. The van der Waals surface area contributed by atoms with E-state index >= 15 is 0 Å². The van der Waals surface area contributed by atoms with Crippen LogP contribution in [-0.4, -0.2) is 19.1 Å². The topological polar surface area (TPSA) is 50.4 Å². The Morgan fingerprint density at radius 2 is 1.54 bits per heavy atom. The van der Waals surface area contributed by atoms with Crippen molar-refractivity contribution in [3.05, 3.63) is 89.5 Å². The van der Waals surface area contributed by atoms with E-state index < -0.39 is 0 Å². The fourth-order valence-electron chi connectivity index (χ4n) is 3.03. The molecule has 0 fully saturated rings. The van der Waals surface area contributed by atoms with Crippen molar-refractivity contribution in [1.29, 1.82) is 0 Å². The lowest BCUT2D eigenvalue weighted by Gasteiger charge is -2.10. The lowest BCUT2D eigenvalue weighted by molar-refractivity contribution is -0.114. The van der Waals surface area contributed by atoms with Gasteiger partial charge >= 0.3 is 0 Å². The number of rotatable bonds is 8. The standard InChI is InChI=1S/C24H26N2O2/c1-18-14-19(2)16-22(15-18)26-24(27)17-25-21-8-10-23(11-9-21)28-13-12-20-6-4-3-5-7-20/h3-11,14-16,25H,12-13,17H2,1-2H3,(H,26,27). The van der Waals surface area contributed by atoms with Crippen LogP contribution < -0.4 is 15.4 Å². The van der Waals surface area contributed by atoms with Crippen LogP contribution in [0.1, 0.15) is 16.7 Å². The van der Waals surface area contributed by atoms with Crippen molar-refractivity contribution in [3.63, 3.8) is 0 Å². The summed E-state index contributed by atoms with van der Waals surface area (Å²) in [5, 5.41) is 6.06. The molecule has 0 aliphatic heterocycles. The molecule has 28 heavy (non-hydrogen) atoms. The van der Waals surface area contributed by atoms with E-state index in [0.717, 1.165) is 34.7 Å². The molecular weight excluding hydrogens is 348 g/mol. The predicted octanol–water partition coefficient (Wildman–Crippen LogP) is 4.98. The normalized spacial score (nSPS) is 10.4. The zero-order valence-corrected chi connectivity index (χ0v) is 16.4. The van der Waals surface area contributed by atoms with E-state index in [4.69, 9.17) is 4.74 Å². The minimum absolute atomic E-state index is 0.0758. The number of hydrogen-bond donors (Lipinski definition) is 2. The Bertz CT molecular complexity index is 885. The number of ether oxygens (including phenoxy) is 1. The van der Waals surface area contributed by atoms with E-state index in [1.807, 2.05) is 68.4 Å².